The van der Waals surface area contributed by atoms with E-state index in [9.17, 15) is 13.2 Å². The van der Waals surface area contributed by atoms with Crippen molar-refractivity contribution in [2.75, 3.05) is 0 Å². The van der Waals surface area contributed by atoms with Crippen molar-refractivity contribution >= 4 is 23.2 Å². The quantitative estimate of drug-likeness (QED) is 0.585. The second-order valence-corrected chi connectivity index (χ2v) is 2.35. The second-order valence-electron chi connectivity index (χ2n) is 1.37. The van der Waals surface area contributed by atoms with Gasteiger partial charge in [0.1, 0.15) is 0 Å². The Kier molecular flexibility index (Phi) is 3.66. The summed E-state index contributed by atoms with van der Waals surface area (Å²) in [6.07, 6.45) is -0.232. The van der Waals surface area contributed by atoms with Gasteiger partial charge in [0.25, 0.3) is 0 Å². The molecule has 0 nitrogen and oxygen atoms in total. The van der Waals surface area contributed by atoms with E-state index in [-0.39, 0.29) is 0 Å². The number of hydrogen-bond donors (Lipinski definition) is 0. The van der Waals surface area contributed by atoms with Crippen LogP contribution in [0.15, 0.2) is 0 Å². The zero-order chi connectivity index (χ0) is 7.49. The molecule has 1 radical (unpaired) electrons. The highest BCUT2D eigenvalue weighted by atomic mass is 35.5. The summed E-state index contributed by atoms with van der Waals surface area (Å²) in [5, 5.41) is -3.45. The Morgan fingerprint density at radius 2 is 2.00 bits per heavy atom. The molecule has 0 aromatic carbocycles. The van der Waals surface area contributed by atoms with Gasteiger partial charge in [0.2, 0.25) is 0 Å². The molecule has 0 aromatic heterocycles. The van der Waals surface area contributed by atoms with Crippen molar-refractivity contribution in [3.05, 3.63) is 6.42 Å². The second kappa shape index (κ2) is 3.52. The lowest BCUT2D eigenvalue weighted by Crippen LogP contribution is -2.08. The molecular formula is C4H4Cl2F3. The van der Waals surface area contributed by atoms with E-state index in [2.05, 4.69) is 11.6 Å². The van der Waals surface area contributed by atoms with Crippen molar-refractivity contribution in [3.8, 4) is 0 Å². The number of rotatable bonds is 3. The van der Waals surface area contributed by atoms with Crippen LogP contribution in [-0.4, -0.2) is 11.0 Å². The third-order valence-corrected chi connectivity index (χ3v) is 0.860. The smallest absolute Gasteiger partial charge is 0.230 e. The van der Waals surface area contributed by atoms with Crippen molar-refractivity contribution in [3.63, 3.8) is 0 Å². The largest absolute Gasteiger partial charge is 0.325 e. The van der Waals surface area contributed by atoms with E-state index >= 15 is 0 Å². The maximum atomic E-state index is 11.6. The fourth-order valence-corrected chi connectivity index (χ4v) is 0.401. The van der Waals surface area contributed by atoms with Gasteiger partial charge in [0.05, 0.1) is 6.42 Å². The van der Waals surface area contributed by atoms with Crippen LogP contribution in [0, 0.1) is 6.42 Å². The summed E-state index contributed by atoms with van der Waals surface area (Å²) >= 11 is 9.06. The molecule has 0 aliphatic heterocycles. The molecule has 1 atom stereocenters. The molecule has 0 aromatic rings. The van der Waals surface area contributed by atoms with E-state index in [4.69, 9.17) is 11.6 Å². The molecule has 0 aliphatic carbocycles. The number of hydrogen-bond acceptors (Lipinski definition) is 0. The molecule has 0 bridgehead atoms. The molecule has 0 N–H and O–H groups in total. The Morgan fingerprint density at radius 1 is 1.56 bits per heavy atom. The molecule has 0 heterocycles. The first-order valence-electron chi connectivity index (χ1n) is 2.11. The molecule has 0 saturated carbocycles. The summed E-state index contributed by atoms with van der Waals surface area (Å²) in [5.74, 6) is 0. The van der Waals surface area contributed by atoms with E-state index in [1.807, 2.05) is 0 Å². The molecule has 0 spiro atoms. The molecule has 0 fully saturated rings. The highest BCUT2D eigenvalue weighted by Gasteiger charge is 2.25. The Labute approximate surface area is 60.9 Å². The highest BCUT2D eigenvalue weighted by Crippen LogP contribution is 2.25. The van der Waals surface area contributed by atoms with E-state index in [1.54, 1.807) is 0 Å². The molecule has 0 aliphatic rings. The van der Waals surface area contributed by atoms with Crippen molar-refractivity contribution in [2.24, 2.45) is 0 Å². The lowest BCUT2D eigenvalue weighted by atomic mass is 10.3. The summed E-state index contributed by atoms with van der Waals surface area (Å²) in [7, 11) is 0. The summed E-state index contributed by atoms with van der Waals surface area (Å²) < 4.78 is 34.7. The van der Waals surface area contributed by atoms with Gasteiger partial charge in [0, 0.05) is 6.42 Å². The van der Waals surface area contributed by atoms with E-state index in [1.165, 1.54) is 0 Å². The fourth-order valence-electron chi connectivity index (χ4n) is 0.223. The molecule has 0 amide bonds. The molecule has 0 rings (SSSR count). The lowest BCUT2D eigenvalue weighted by Gasteiger charge is -2.05. The molecule has 55 valence electrons. The average Bonchev–Trinajstić information content (AvgIpc) is 1.59. The zero-order valence-electron chi connectivity index (χ0n) is 4.25. The van der Waals surface area contributed by atoms with Crippen molar-refractivity contribution in [1.82, 2.24) is 0 Å². The zero-order valence-corrected chi connectivity index (χ0v) is 5.76. The number of alkyl halides is 5. The predicted octanol–water partition coefficient (Wildman–Crippen LogP) is 2.95. The van der Waals surface area contributed by atoms with E-state index in [0.29, 0.717) is 6.42 Å². The normalized spacial score (nSPS) is 15.7. The molecule has 1 unspecified atom stereocenters. The maximum absolute atomic E-state index is 11.6. The predicted molar refractivity (Wildman–Crippen MR) is 30.5 cm³/mol. The van der Waals surface area contributed by atoms with Crippen LogP contribution in [0.5, 0.6) is 0 Å². The third kappa shape index (κ3) is 8.37. The van der Waals surface area contributed by atoms with Crippen LogP contribution < -0.4 is 0 Å². The minimum Gasteiger partial charge on any atom is -0.230 e. The first kappa shape index (κ1) is 9.37. The van der Waals surface area contributed by atoms with Gasteiger partial charge in [-0.05, 0) is 11.6 Å². The Bertz CT molecular complexity index is 78.4. The molecule has 0 saturated heterocycles. The first-order chi connectivity index (χ1) is 3.92. The molecule has 5 heteroatoms. The van der Waals surface area contributed by atoms with E-state index in [0.717, 1.165) is 0 Å². The summed E-state index contributed by atoms with van der Waals surface area (Å²) in [5.41, 5.74) is -1.78. The number of halogens is 5. The molecule has 9 heavy (non-hydrogen) atoms. The van der Waals surface area contributed by atoms with Gasteiger partial charge in [-0.2, -0.15) is 8.78 Å². The summed E-state index contributed by atoms with van der Waals surface area (Å²) in [4.78, 5) is 0. The third-order valence-electron chi connectivity index (χ3n) is 0.527. The Morgan fingerprint density at radius 3 is 2.11 bits per heavy atom. The molecular weight excluding hydrogens is 176 g/mol. The first-order valence-corrected chi connectivity index (χ1v) is 2.92. The highest BCUT2D eigenvalue weighted by molar-refractivity contribution is 6.23. The topological polar surface area (TPSA) is 0 Å². The Hall–Kier alpha value is 0.370. The van der Waals surface area contributed by atoms with Crippen LogP contribution in [-0.2, 0) is 0 Å². The van der Waals surface area contributed by atoms with Gasteiger partial charge < -0.3 is 0 Å². The van der Waals surface area contributed by atoms with Gasteiger partial charge in [-0.15, -0.1) is 0 Å². The van der Waals surface area contributed by atoms with Crippen LogP contribution in [0.4, 0.5) is 13.2 Å². The minimum absolute atomic E-state index is 0.312. The monoisotopic (exact) mass is 179 g/mol. The van der Waals surface area contributed by atoms with Crippen LogP contribution in [0.2, 0.25) is 0 Å². The van der Waals surface area contributed by atoms with Gasteiger partial charge in [-0.25, -0.2) is 4.39 Å². The maximum Gasteiger partial charge on any atom is 0.325 e. The van der Waals surface area contributed by atoms with Crippen molar-refractivity contribution < 1.29 is 13.2 Å². The summed E-state index contributed by atoms with van der Waals surface area (Å²) in [6, 6.07) is 0. The van der Waals surface area contributed by atoms with Crippen molar-refractivity contribution in [1.29, 1.82) is 0 Å². The SMILES string of the molecule is FC(Cl)C[CH]C(F)(F)Cl. The lowest BCUT2D eigenvalue weighted by molar-refractivity contribution is 0.126. The van der Waals surface area contributed by atoms with Crippen LogP contribution in [0.25, 0.3) is 0 Å². The van der Waals surface area contributed by atoms with Crippen molar-refractivity contribution in [2.45, 2.75) is 17.4 Å². The van der Waals surface area contributed by atoms with Gasteiger partial charge in [-0.1, -0.05) is 11.6 Å². The van der Waals surface area contributed by atoms with Gasteiger partial charge >= 0.3 is 5.38 Å². The standard InChI is InChI=1S/C4H4Cl2F3/c5-3(7)1-2-4(6,8)9/h2-3H,1H2. The average molecular weight is 180 g/mol. The minimum atomic E-state index is -3.45. The van der Waals surface area contributed by atoms with Crippen LogP contribution >= 0.6 is 23.2 Å². The fraction of sp³-hybridized carbons (Fsp3) is 0.750. The summed E-state index contributed by atoms with van der Waals surface area (Å²) in [6.45, 7) is 0. The van der Waals surface area contributed by atoms with Crippen LogP contribution in [0.3, 0.4) is 0 Å². The van der Waals surface area contributed by atoms with Gasteiger partial charge in [0.15, 0.2) is 5.63 Å². The van der Waals surface area contributed by atoms with Crippen LogP contribution in [0.1, 0.15) is 6.42 Å². The van der Waals surface area contributed by atoms with E-state index < -0.39 is 17.4 Å². The Balaban J connectivity index is 3.28. The van der Waals surface area contributed by atoms with Gasteiger partial charge in [-0.3, -0.25) is 0 Å².